The van der Waals surface area contributed by atoms with E-state index in [0.717, 1.165) is 0 Å². The predicted octanol–water partition coefficient (Wildman–Crippen LogP) is 3.00. The first-order chi connectivity index (χ1) is 7.83. The number of fused-ring (bicyclic) bond motifs is 3. The van der Waals surface area contributed by atoms with E-state index in [1.165, 1.54) is 27.3 Å². The van der Waals surface area contributed by atoms with Crippen LogP contribution in [0.25, 0.3) is 11.1 Å². The number of hydrogen-bond acceptors (Lipinski definition) is 0. The van der Waals surface area contributed by atoms with Gasteiger partial charge in [-0.3, -0.25) is 0 Å². The van der Waals surface area contributed by atoms with Crippen molar-refractivity contribution in [3.05, 3.63) is 53.6 Å². The van der Waals surface area contributed by atoms with Gasteiger partial charge >= 0.3 is 106 Å². The number of hydrogen-bond donors (Lipinski definition) is 0. The van der Waals surface area contributed by atoms with Crippen LogP contribution in [-0.2, 0) is 0 Å². The second kappa shape index (κ2) is 3.81. The van der Waals surface area contributed by atoms with Crippen molar-refractivity contribution in [2.24, 2.45) is 0 Å². The third-order valence-corrected chi connectivity index (χ3v) is 3.71. The molecule has 1 heteroatoms. The third-order valence-electron chi connectivity index (χ3n) is 3.71. The molecule has 0 saturated carbocycles. The molecule has 2 aromatic carbocycles. The summed E-state index contributed by atoms with van der Waals surface area (Å²) in [7, 11) is 0. The molecule has 0 bridgehead atoms. The number of rotatable bonds is 1. The second-order valence-electron chi connectivity index (χ2n) is 4.58. The molecule has 1 unspecified atom stereocenters. The standard InChI is InChI=1S/C15H13.Li/c1-2-11-12-7-3-5-9-14(12)15-10-6-4-8-13(11)15;/h3-7,9-11H,2H2,1H3;. The molecule has 0 amide bonds. The summed E-state index contributed by atoms with van der Waals surface area (Å²) in [4.78, 5) is 0. The molecule has 1 atom stereocenters. The van der Waals surface area contributed by atoms with Crippen molar-refractivity contribution in [1.29, 1.82) is 0 Å². The Bertz CT molecular complexity index is 543. The minimum atomic E-state index is 0.604. The zero-order chi connectivity index (χ0) is 11.1. The molecule has 0 nitrogen and oxygen atoms in total. The fourth-order valence-corrected chi connectivity index (χ4v) is 3.00. The molecule has 0 radical (unpaired) electrons. The maximum absolute atomic E-state index is 2.28. The van der Waals surface area contributed by atoms with Crippen LogP contribution >= 0.6 is 0 Å². The first-order valence-electron chi connectivity index (χ1n) is 6.01. The van der Waals surface area contributed by atoms with Gasteiger partial charge in [-0.25, -0.2) is 0 Å². The van der Waals surface area contributed by atoms with Gasteiger partial charge in [0.25, 0.3) is 0 Å². The Morgan fingerprint density at radius 2 is 1.75 bits per heavy atom. The Morgan fingerprint density at radius 3 is 2.56 bits per heavy atom. The average molecular weight is 200 g/mol. The molecule has 74 valence electrons. The average Bonchev–Trinajstić information content (AvgIpc) is 2.65. The van der Waals surface area contributed by atoms with Crippen molar-refractivity contribution in [2.75, 3.05) is 0 Å². The summed E-state index contributed by atoms with van der Waals surface area (Å²) in [6.07, 6.45) is 1.19. The van der Waals surface area contributed by atoms with Gasteiger partial charge in [0.2, 0.25) is 0 Å². The molecular formula is C15H13Li. The summed E-state index contributed by atoms with van der Waals surface area (Å²) in [5, 5.41) is 0. The predicted molar refractivity (Wildman–Crippen MR) is 69.4 cm³/mol. The normalized spacial score (nSPS) is 17.1. The molecule has 16 heavy (non-hydrogen) atoms. The van der Waals surface area contributed by atoms with E-state index in [4.69, 9.17) is 0 Å². The van der Waals surface area contributed by atoms with Gasteiger partial charge in [0.1, 0.15) is 0 Å². The summed E-state index contributed by atoms with van der Waals surface area (Å²) < 4.78 is 1.43. The molecule has 0 aromatic heterocycles. The fraction of sp³-hybridized carbons (Fsp3) is 0.200. The van der Waals surface area contributed by atoms with Crippen LogP contribution in [0.1, 0.15) is 30.4 Å². The molecule has 0 heterocycles. The van der Waals surface area contributed by atoms with Gasteiger partial charge in [-0.15, -0.1) is 0 Å². The first kappa shape index (κ1) is 10.2. The van der Waals surface area contributed by atoms with Crippen molar-refractivity contribution in [2.45, 2.75) is 19.3 Å². The van der Waals surface area contributed by atoms with E-state index in [-0.39, 0.29) is 0 Å². The van der Waals surface area contributed by atoms with Crippen molar-refractivity contribution >= 4 is 22.0 Å². The van der Waals surface area contributed by atoms with E-state index in [2.05, 4.69) is 67.1 Å². The first-order valence-corrected chi connectivity index (χ1v) is 6.01. The molecule has 0 fully saturated rings. The van der Waals surface area contributed by atoms with Crippen LogP contribution in [0.4, 0.5) is 0 Å². The van der Waals surface area contributed by atoms with Crippen LogP contribution in [-0.4, -0.2) is 17.7 Å². The molecule has 1 aliphatic rings. The van der Waals surface area contributed by atoms with Crippen LogP contribution in [0.2, 0.25) is 0 Å². The Morgan fingerprint density at radius 1 is 1.00 bits per heavy atom. The van der Waals surface area contributed by atoms with Crippen LogP contribution in [0.5, 0.6) is 0 Å². The Kier molecular flexibility index (Phi) is 2.43. The van der Waals surface area contributed by atoms with Gasteiger partial charge in [0.15, 0.2) is 0 Å². The van der Waals surface area contributed by atoms with Crippen LogP contribution in [0, 0.1) is 0 Å². The van der Waals surface area contributed by atoms with Gasteiger partial charge in [-0.2, -0.15) is 0 Å². The van der Waals surface area contributed by atoms with E-state index in [0.29, 0.717) is 5.92 Å². The quantitative estimate of drug-likeness (QED) is 0.621. The van der Waals surface area contributed by atoms with Crippen LogP contribution in [0.15, 0.2) is 42.5 Å². The molecule has 3 rings (SSSR count). The van der Waals surface area contributed by atoms with E-state index in [1.807, 2.05) is 0 Å². The minimum absolute atomic E-state index is 0.604. The van der Waals surface area contributed by atoms with Gasteiger partial charge in [-0.05, 0) is 0 Å². The monoisotopic (exact) mass is 200 g/mol. The Balaban J connectivity index is 2.34. The molecule has 2 aromatic rings. The van der Waals surface area contributed by atoms with E-state index < -0.39 is 0 Å². The van der Waals surface area contributed by atoms with Crippen molar-refractivity contribution in [3.63, 3.8) is 0 Å². The molecule has 1 aliphatic carbocycles. The van der Waals surface area contributed by atoms with E-state index >= 15 is 0 Å². The fourth-order valence-electron chi connectivity index (χ4n) is 3.00. The maximum atomic E-state index is 2.28. The molecule has 0 spiro atoms. The zero-order valence-corrected chi connectivity index (χ0v) is 9.83. The SMILES string of the molecule is [Li][c]1cccc2c1C(CC)c1ccccc1-2. The Hall–Kier alpha value is -0.963. The molecular weight excluding hydrogens is 187 g/mol. The number of benzene rings is 2. The van der Waals surface area contributed by atoms with Gasteiger partial charge in [0.05, 0.1) is 0 Å². The zero-order valence-electron chi connectivity index (χ0n) is 9.83. The summed E-state index contributed by atoms with van der Waals surface area (Å²) in [6.45, 7) is 2.28. The van der Waals surface area contributed by atoms with E-state index in [1.54, 1.807) is 5.56 Å². The Labute approximate surface area is 106 Å². The topological polar surface area (TPSA) is 0 Å². The van der Waals surface area contributed by atoms with Crippen molar-refractivity contribution in [1.82, 2.24) is 0 Å². The van der Waals surface area contributed by atoms with Crippen LogP contribution in [0.3, 0.4) is 0 Å². The van der Waals surface area contributed by atoms with Crippen molar-refractivity contribution in [3.8, 4) is 11.1 Å². The molecule has 0 saturated heterocycles. The van der Waals surface area contributed by atoms with Crippen LogP contribution < -0.4 is 4.24 Å². The third kappa shape index (κ3) is 1.31. The van der Waals surface area contributed by atoms with Crippen molar-refractivity contribution < 1.29 is 0 Å². The summed E-state index contributed by atoms with van der Waals surface area (Å²) >= 11 is 2.23. The second-order valence-corrected chi connectivity index (χ2v) is 4.58. The summed E-state index contributed by atoms with van der Waals surface area (Å²) in [6, 6.07) is 15.5. The summed E-state index contributed by atoms with van der Waals surface area (Å²) in [5.74, 6) is 0.604. The van der Waals surface area contributed by atoms with Gasteiger partial charge in [0, 0.05) is 0 Å². The molecule has 0 aliphatic heterocycles. The van der Waals surface area contributed by atoms with E-state index in [9.17, 15) is 0 Å². The van der Waals surface area contributed by atoms with Gasteiger partial charge in [-0.1, -0.05) is 0 Å². The van der Waals surface area contributed by atoms with Gasteiger partial charge < -0.3 is 0 Å². The molecule has 0 N–H and O–H groups in total. The summed E-state index contributed by atoms with van der Waals surface area (Å²) in [5.41, 5.74) is 5.94.